The van der Waals surface area contributed by atoms with E-state index in [-0.39, 0.29) is 5.91 Å². The fourth-order valence-corrected chi connectivity index (χ4v) is 2.95. The lowest BCUT2D eigenvalue weighted by Gasteiger charge is -2.33. The number of rotatable bonds is 2. The van der Waals surface area contributed by atoms with E-state index < -0.39 is 5.54 Å². The summed E-state index contributed by atoms with van der Waals surface area (Å²) in [6, 6.07) is 3.50. The topological polar surface area (TPSA) is 41.1 Å². The Morgan fingerprint density at radius 2 is 2.11 bits per heavy atom. The summed E-state index contributed by atoms with van der Waals surface area (Å²) in [5, 5.41) is 6.87. The zero-order chi connectivity index (χ0) is 14.0. The van der Waals surface area contributed by atoms with Crippen molar-refractivity contribution in [1.82, 2.24) is 5.32 Å². The second-order valence-corrected chi connectivity index (χ2v) is 6.50. The van der Waals surface area contributed by atoms with Crippen molar-refractivity contribution in [1.29, 1.82) is 0 Å². The average Bonchev–Trinajstić information content (AvgIpc) is 2.40. The van der Waals surface area contributed by atoms with Crippen LogP contribution in [0.2, 0.25) is 10.0 Å². The van der Waals surface area contributed by atoms with Crippen LogP contribution in [-0.4, -0.2) is 18.0 Å². The summed E-state index contributed by atoms with van der Waals surface area (Å²) in [4.78, 5) is 12.4. The van der Waals surface area contributed by atoms with Crippen molar-refractivity contribution in [2.45, 2.75) is 31.7 Å². The van der Waals surface area contributed by atoms with Gasteiger partial charge in [0.25, 0.3) is 0 Å². The predicted molar refractivity (Wildman–Crippen MR) is 83.1 cm³/mol. The normalized spacial score (nSPS) is 23.2. The summed E-state index contributed by atoms with van der Waals surface area (Å²) in [5.74, 6) is -0.0764. The van der Waals surface area contributed by atoms with Crippen LogP contribution in [0.25, 0.3) is 0 Å². The number of hydrogen-bond donors (Lipinski definition) is 2. The van der Waals surface area contributed by atoms with Crippen molar-refractivity contribution < 1.29 is 4.79 Å². The molecule has 1 aromatic rings. The lowest BCUT2D eigenvalue weighted by molar-refractivity contribution is -0.122. The van der Waals surface area contributed by atoms with Crippen molar-refractivity contribution in [2.24, 2.45) is 0 Å². The van der Waals surface area contributed by atoms with Crippen LogP contribution < -0.4 is 10.6 Å². The number of benzene rings is 1. The number of carbonyl (C=O) groups is 1. The number of piperidine rings is 1. The smallest absolute Gasteiger partial charge is 0.244 e. The minimum atomic E-state index is -0.541. The quantitative estimate of drug-likeness (QED) is 0.770. The minimum absolute atomic E-state index is 0.0764. The van der Waals surface area contributed by atoms with Crippen LogP contribution in [0.15, 0.2) is 16.6 Å². The Balaban J connectivity index is 2.17. The second kappa shape index (κ2) is 6.00. The van der Waals surface area contributed by atoms with Crippen molar-refractivity contribution in [3.8, 4) is 0 Å². The molecule has 0 aromatic heterocycles. The lowest BCUT2D eigenvalue weighted by atomic mass is 9.90. The van der Waals surface area contributed by atoms with Gasteiger partial charge in [0, 0.05) is 4.47 Å². The van der Waals surface area contributed by atoms with Gasteiger partial charge in [-0.3, -0.25) is 4.79 Å². The van der Waals surface area contributed by atoms with E-state index in [9.17, 15) is 4.79 Å². The summed E-state index contributed by atoms with van der Waals surface area (Å²) < 4.78 is 0.708. The van der Waals surface area contributed by atoms with Gasteiger partial charge in [-0.25, -0.2) is 0 Å². The van der Waals surface area contributed by atoms with Gasteiger partial charge >= 0.3 is 0 Å². The first kappa shape index (κ1) is 15.1. The Morgan fingerprint density at radius 3 is 2.74 bits per heavy atom. The third-order valence-electron chi connectivity index (χ3n) is 3.40. The molecule has 2 rings (SSSR count). The first-order valence-electron chi connectivity index (χ1n) is 6.14. The molecule has 1 aliphatic rings. The number of nitrogens with one attached hydrogen (secondary N) is 2. The van der Waals surface area contributed by atoms with E-state index in [2.05, 4.69) is 26.6 Å². The molecule has 19 heavy (non-hydrogen) atoms. The van der Waals surface area contributed by atoms with Gasteiger partial charge in [0.2, 0.25) is 5.91 Å². The van der Waals surface area contributed by atoms with Gasteiger partial charge < -0.3 is 10.6 Å². The van der Waals surface area contributed by atoms with E-state index >= 15 is 0 Å². The molecule has 1 aliphatic heterocycles. The highest BCUT2D eigenvalue weighted by Gasteiger charge is 2.34. The monoisotopic (exact) mass is 364 g/mol. The van der Waals surface area contributed by atoms with Gasteiger partial charge in [-0.2, -0.15) is 0 Å². The first-order chi connectivity index (χ1) is 8.94. The molecular weight excluding hydrogens is 351 g/mol. The molecule has 0 bridgehead atoms. The molecule has 0 aliphatic carbocycles. The van der Waals surface area contributed by atoms with Crippen LogP contribution in [0.1, 0.15) is 26.2 Å². The number of anilines is 1. The maximum Gasteiger partial charge on any atom is 0.244 e. The molecule has 1 unspecified atom stereocenters. The van der Waals surface area contributed by atoms with Crippen molar-refractivity contribution in [3.63, 3.8) is 0 Å². The van der Waals surface area contributed by atoms with Gasteiger partial charge in [0.1, 0.15) is 0 Å². The van der Waals surface area contributed by atoms with E-state index in [4.69, 9.17) is 23.2 Å². The third kappa shape index (κ3) is 3.24. The molecule has 1 aromatic carbocycles. The fourth-order valence-electron chi connectivity index (χ4n) is 2.13. The lowest BCUT2D eigenvalue weighted by Crippen LogP contribution is -2.54. The molecule has 1 amide bonds. The highest BCUT2D eigenvalue weighted by Crippen LogP contribution is 2.36. The Kier molecular flexibility index (Phi) is 4.77. The molecule has 6 heteroatoms. The molecule has 0 saturated carbocycles. The summed E-state index contributed by atoms with van der Waals surface area (Å²) in [6.07, 6.45) is 2.97. The highest BCUT2D eigenvalue weighted by atomic mass is 79.9. The summed E-state index contributed by atoms with van der Waals surface area (Å²) >= 11 is 15.5. The molecule has 1 heterocycles. The van der Waals surface area contributed by atoms with Gasteiger partial charge in [0.15, 0.2) is 0 Å². The zero-order valence-electron chi connectivity index (χ0n) is 10.5. The van der Waals surface area contributed by atoms with Crippen molar-refractivity contribution in [3.05, 3.63) is 26.7 Å². The number of amides is 1. The maximum absolute atomic E-state index is 12.4. The molecule has 2 N–H and O–H groups in total. The van der Waals surface area contributed by atoms with Crippen LogP contribution in [0.3, 0.4) is 0 Å². The van der Waals surface area contributed by atoms with Gasteiger partial charge in [-0.05, 0) is 60.8 Å². The fraction of sp³-hybridized carbons (Fsp3) is 0.462. The summed E-state index contributed by atoms with van der Waals surface area (Å²) in [5.41, 5.74) is -0.00493. The largest absolute Gasteiger partial charge is 0.323 e. The number of carbonyl (C=O) groups excluding carboxylic acids is 1. The molecule has 0 radical (unpaired) electrons. The molecule has 1 fully saturated rings. The van der Waals surface area contributed by atoms with Crippen LogP contribution in [-0.2, 0) is 4.79 Å². The standard InChI is InChI=1S/C13H15BrCl2N2O/c1-13(6-2-3-7-17-13)12(19)18-9-5-4-8(14)10(15)11(9)16/h4-5,17H,2-3,6-7H2,1H3,(H,18,19). The molecule has 1 atom stereocenters. The molecule has 3 nitrogen and oxygen atoms in total. The van der Waals surface area contributed by atoms with E-state index in [1.54, 1.807) is 12.1 Å². The Hall–Kier alpha value is -0.290. The number of halogens is 3. The summed E-state index contributed by atoms with van der Waals surface area (Å²) in [6.45, 7) is 2.77. The molecule has 0 spiro atoms. The minimum Gasteiger partial charge on any atom is -0.323 e. The molecular formula is C13H15BrCl2N2O. The molecule has 104 valence electrons. The second-order valence-electron chi connectivity index (χ2n) is 4.89. The van der Waals surface area contributed by atoms with Gasteiger partial charge in [-0.1, -0.05) is 23.2 Å². The van der Waals surface area contributed by atoms with E-state index in [1.165, 1.54) is 0 Å². The van der Waals surface area contributed by atoms with Crippen molar-refractivity contribution in [2.75, 3.05) is 11.9 Å². The Morgan fingerprint density at radius 1 is 1.37 bits per heavy atom. The third-order valence-corrected chi connectivity index (χ3v) is 5.17. The Labute approximate surface area is 131 Å². The predicted octanol–water partition coefficient (Wildman–Crippen LogP) is 4.23. The number of hydrogen-bond acceptors (Lipinski definition) is 2. The van der Waals surface area contributed by atoms with Gasteiger partial charge in [0.05, 0.1) is 21.3 Å². The summed E-state index contributed by atoms with van der Waals surface area (Å²) in [7, 11) is 0. The van der Waals surface area contributed by atoms with E-state index in [1.807, 2.05) is 6.92 Å². The van der Waals surface area contributed by atoms with E-state index in [0.717, 1.165) is 25.8 Å². The first-order valence-corrected chi connectivity index (χ1v) is 7.69. The maximum atomic E-state index is 12.4. The van der Waals surface area contributed by atoms with Crippen molar-refractivity contribution >= 4 is 50.7 Å². The van der Waals surface area contributed by atoms with Crippen LogP contribution in [0.5, 0.6) is 0 Å². The van der Waals surface area contributed by atoms with Crippen LogP contribution in [0.4, 0.5) is 5.69 Å². The average molecular weight is 366 g/mol. The van der Waals surface area contributed by atoms with Crippen LogP contribution in [0, 0.1) is 0 Å². The van der Waals surface area contributed by atoms with E-state index in [0.29, 0.717) is 20.2 Å². The SMILES string of the molecule is CC1(C(=O)Nc2ccc(Br)c(Cl)c2Cl)CCCCN1. The molecule has 1 saturated heterocycles. The zero-order valence-corrected chi connectivity index (χ0v) is 13.6. The van der Waals surface area contributed by atoms with Gasteiger partial charge in [-0.15, -0.1) is 0 Å². The van der Waals surface area contributed by atoms with Crippen LogP contribution >= 0.6 is 39.1 Å². The Bertz CT molecular complexity index is 502. The highest BCUT2D eigenvalue weighted by molar-refractivity contribution is 9.10.